The van der Waals surface area contributed by atoms with Crippen LogP contribution in [-0.4, -0.2) is 38.5 Å². The van der Waals surface area contributed by atoms with E-state index in [9.17, 15) is 4.79 Å². The van der Waals surface area contributed by atoms with E-state index >= 15 is 0 Å². The van der Waals surface area contributed by atoms with Crippen LogP contribution >= 0.6 is 12.2 Å². The number of rotatable bonds is 8. The van der Waals surface area contributed by atoms with Gasteiger partial charge in [-0.2, -0.15) is 0 Å². The summed E-state index contributed by atoms with van der Waals surface area (Å²) in [5.74, 6) is 1.08. The molecule has 2 aromatic rings. The van der Waals surface area contributed by atoms with E-state index in [0.29, 0.717) is 30.3 Å². The molecular weight excluding hydrogens is 364 g/mol. The molecule has 6 nitrogen and oxygen atoms in total. The van der Waals surface area contributed by atoms with Crippen molar-refractivity contribution in [2.24, 2.45) is 0 Å². The van der Waals surface area contributed by atoms with E-state index in [4.69, 9.17) is 26.4 Å². The molecule has 27 heavy (non-hydrogen) atoms. The van der Waals surface area contributed by atoms with Gasteiger partial charge in [0.2, 0.25) is 0 Å². The number of nitrogens with one attached hydrogen (secondary N) is 1. The van der Waals surface area contributed by atoms with Gasteiger partial charge in [-0.15, -0.1) is 0 Å². The highest BCUT2D eigenvalue weighted by molar-refractivity contribution is 7.80. The van der Waals surface area contributed by atoms with Crippen molar-refractivity contribution in [3.05, 3.63) is 48.5 Å². The van der Waals surface area contributed by atoms with Crippen LogP contribution in [0.1, 0.15) is 13.3 Å². The summed E-state index contributed by atoms with van der Waals surface area (Å²) in [4.78, 5) is 15.0. The second-order valence-electron chi connectivity index (χ2n) is 5.64. The molecule has 0 aromatic heterocycles. The maximum atomic E-state index is 12.8. The summed E-state index contributed by atoms with van der Waals surface area (Å²) in [7, 11) is 3.16. The van der Waals surface area contributed by atoms with Gasteiger partial charge in [-0.3, -0.25) is 4.90 Å². The minimum Gasteiger partial charge on any atom is -0.497 e. The van der Waals surface area contributed by atoms with Crippen LogP contribution in [0.5, 0.6) is 11.5 Å². The fourth-order valence-corrected chi connectivity index (χ4v) is 2.45. The summed E-state index contributed by atoms with van der Waals surface area (Å²) in [6.45, 7) is 2.69. The Morgan fingerprint density at radius 1 is 1.11 bits per heavy atom. The summed E-state index contributed by atoms with van der Waals surface area (Å²) in [5.41, 5.74) is 1.44. The van der Waals surface area contributed by atoms with Crippen LogP contribution in [0.25, 0.3) is 0 Å². The predicted molar refractivity (Wildman–Crippen MR) is 111 cm³/mol. The molecular formula is C20H24N2O4S. The van der Waals surface area contributed by atoms with Crippen molar-refractivity contribution >= 4 is 34.7 Å². The number of carbonyl (C=O) groups is 1. The van der Waals surface area contributed by atoms with Crippen molar-refractivity contribution in [1.82, 2.24) is 0 Å². The first-order valence-corrected chi connectivity index (χ1v) is 9.00. The van der Waals surface area contributed by atoms with Gasteiger partial charge in [0, 0.05) is 24.9 Å². The first-order chi connectivity index (χ1) is 13.1. The Kier molecular flexibility index (Phi) is 8.03. The molecule has 0 spiro atoms. The van der Waals surface area contributed by atoms with Crippen LogP contribution in [0.3, 0.4) is 0 Å². The molecule has 1 N–H and O–H groups in total. The summed E-state index contributed by atoms with van der Waals surface area (Å²) in [6.07, 6.45) is 0.232. The Hall–Kier alpha value is -2.64. The zero-order chi connectivity index (χ0) is 19.6. The van der Waals surface area contributed by atoms with E-state index in [2.05, 4.69) is 5.32 Å². The molecule has 0 radical (unpaired) electrons. The Labute approximate surface area is 165 Å². The van der Waals surface area contributed by atoms with Gasteiger partial charge in [-0.1, -0.05) is 31.3 Å². The third kappa shape index (κ3) is 6.23. The highest BCUT2D eigenvalue weighted by Gasteiger charge is 2.18. The van der Waals surface area contributed by atoms with Gasteiger partial charge in [0.1, 0.15) is 11.5 Å². The number of anilines is 2. The molecule has 0 fully saturated rings. The molecule has 0 saturated carbocycles. The average molecular weight is 388 g/mol. The van der Waals surface area contributed by atoms with E-state index < -0.39 is 6.09 Å². The highest BCUT2D eigenvalue weighted by atomic mass is 32.1. The molecule has 7 heteroatoms. The lowest BCUT2D eigenvalue weighted by atomic mass is 10.2. The number of ether oxygens (including phenoxy) is 3. The monoisotopic (exact) mass is 388 g/mol. The third-order valence-electron chi connectivity index (χ3n) is 3.75. The van der Waals surface area contributed by atoms with E-state index in [-0.39, 0.29) is 0 Å². The van der Waals surface area contributed by atoms with Crippen molar-refractivity contribution in [3.63, 3.8) is 0 Å². The SMILES string of the molecule is CCC(=S)Nc1cccc(OC(=O)N(CCOC)c2cccc(OC)c2)c1. The number of nitrogens with zero attached hydrogens (tertiary/aromatic N) is 1. The quantitative estimate of drug-likeness (QED) is 0.672. The maximum Gasteiger partial charge on any atom is 0.419 e. The molecule has 0 aliphatic rings. The van der Waals surface area contributed by atoms with Crippen molar-refractivity contribution in [2.45, 2.75) is 13.3 Å². The van der Waals surface area contributed by atoms with Gasteiger partial charge in [-0.25, -0.2) is 4.79 Å². The van der Waals surface area contributed by atoms with Crippen molar-refractivity contribution in [1.29, 1.82) is 0 Å². The molecule has 0 aliphatic heterocycles. The highest BCUT2D eigenvalue weighted by Crippen LogP contribution is 2.23. The van der Waals surface area contributed by atoms with Crippen molar-refractivity contribution in [2.75, 3.05) is 37.6 Å². The molecule has 1 amide bonds. The Morgan fingerprint density at radius 2 is 1.85 bits per heavy atom. The third-order valence-corrected chi connectivity index (χ3v) is 4.14. The average Bonchev–Trinajstić information content (AvgIpc) is 2.68. The topological polar surface area (TPSA) is 60.0 Å². The number of methoxy groups -OCH3 is 2. The van der Waals surface area contributed by atoms with Crippen molar-refractivity contribution < 1.29 is 19.0 Å². The Morgan fingerprint density at radius 3 is 2.56 bits per heavy atom. The molecule has 0 aliphatic carbocycles. The summed E-state index contributed by atoms with van der Waals surface area (Å²) < 4.78 is 15.9. The van der Waals surface area contributed by atoms with Crippen LogP contribution in [0.4, 0.5) is 16.2 Å². The van der Waals surface area contributed by atoms with Gasteiger partial charge in [0.05, 0.1) is 30.9 Å². The van der Waals surface area contributed by atoms with E-state index in [1.807, 2.05) is 31.2 Å². The molecule has 0 unspecified atom stereocenters. The molecule has 0 heterocycles. The number of amides is 1. The lowest BCUT2D eigenvalue weighted by Crippen LogP contribution is -2.36. The molecule has 144 valence electrons. The van der Waals surface area contributed by atoms with Crippen LogP contribution in [-0.2, 0) is 4.74 Å². The second kappa shape index (κ2) is 10.5. The largest absolute Gasteiger partial charge is 0.497 e. The Bertz CT molecular complexity index is 782. The maximum absolute atomic E-state index is 12.8. The second-order valence-corrected chi connectivity index (χ2v) is 6.14. The summed E-state index contributed by atoms with van der Waals surface area (Å²) in [5, 5.41) is 3.11. The standard InChI is InChI=1S/C20H24N2O4S/c1-4-19(27)21-15-7-5-10-18(13-15)26-20(23)22(11-12-24-2)16-8-6-9-17(14-16)25-3/h5-10,13-14H,4,11-12H2,1-3H3,(H,21,27). The summed E-state index contributed by atoms with van der Waals surface area (Å²) >= 11 is 5.19. The zero-order valence-corrected chi connectivity index (χ0v) is 16.5. The smallest absolute Gasteiger partial charge is 0.419 e. The number of benzene rings is 2. The molecule has 0 saturated heterocycles. The molecule has 2 aromatic carbocycles. The van der Waals surface area contributed by atoms with Crippen LogP contribution in [0.2, 0.25) is 0 Å². The van der Waals surface area contributed by atoms with Crippen LogP contribution < -0.4 is 19.7 Å². The molecule has 2 rings (SSSR count). The number of thiocarbonyl (C=S) groups is 1. The predicted octanol–water partition coefficient (Wildman–Crippen LogP) is 4.50. The first-order valence-electron chi connectivity index (χ1n) is 8.59. The van der Waals surface area contributed by atoms with E-state index in [1.54, 1.807) is 38.5 Å². The van der Waals surface area contributed by atoms with Crippen molar-refractivity contribution in [3.8, 4) is 11.5 Å². The van der Waals surface area contributed by atoms with Crippen LogP contribution in [0, 0.1) is 0 Å². The van der Waals surface area contributed by atoms with Gasteiger partial charge >= 0.3 is 6.09 Å². The molecule has 0 bridgehead atoms. The van der Waals surface area contributed by atoms with Crippen LogP contribution in [0.15, 0.2) is 48.5 Å². The number of hydrogen-bond acceptors (Lipinski definition) is 5. The number of carbonyl (C=O) groups excluding carboxylic acids is 1. The minimum atomic E-state index is -0.504. The zero-order valence-electron chi connectivity index (χ0n) is 15.7. The van der Waals surface area contributed by atoms with Gasteiger partial charge in [0.15, 0.2) is 0 Å². The first kappa shape index (κ1) is 20.7. The Balaban J connectivity index is 2.18. The van der Waals surface area contributed by atoms with Gasteiger partial charge < -0.3 is 19.5 Å². The lowest BCUT2D eigenvalue weighted by molar-refractivity contribution is 0.189. The van der Waals surface area contributed by atoms with Gasteiger partial charge in [0.25, 0.3) is 0 Å². The summed E-state index contributed by atoms with van der Waals surface area (Å²) in [6, 6.07) is 14.3. The normalized spacial score (nSPS) is 10.2. The minimum absolute atomic E-state index is 0.348. The number of hydrogen-bond donors (Lipinski definition) is 1. The van der Waals surface area contributed by atoms with E-state index in [0.717, 1.165) is 17.1 Å². The molecule has 0 atom stereocenters. The fraction of sp³-hybridized carbons (Fsp3) is 0.300. The lowest BCUT2D eigenvalue weighted by Gasteiger charge is -2.22. The fourth-order valence-electron chi connectivity index (χ4n) is 2.33. The van der Waals surface area contributed by atoms with E-state index in [1.165, 1.54) is 4.90 Å². The van der Waals surface area contributed by atoms with Gasteiger partial charge in [-0.05, 0) is 30.7 Å².